The molecule has 0 spiro atoms. The molecule has 2 aromatic rings. The topological polar surface area (TPSA) is 33.3 Å². The van der Waals surface area contributed by atoms with Crippen LogP contribution in [0, 0.1) is 0 Å². The van der Waals surface area contributed by atoms with Gasteiger partial charge in [-0.05, 0) is 37.1 Å². The minimum atomic E-state index is 0.243. The van der Waals surface area contributed by atoms with Crippen LogP contribution in [0.5, 0.6) is 5.75 Å². The Hall–Kier alpha value is -1.55. The van der Waals surface area contributed by atoms with Crippen molar-refractivity contribution in [3.63, 3.8) is 0 Å². The van der Waals surface area contributed by atoms with Gasteiger partial charge in [0.05, 0.1) is 7.11 Å². The number of benzene rings is 2. The van der Waals surface area contributed by atoms with Crippen molar-refractivity contribution in [1.82, 2.24) is 10.6 Å². The highest BCUT2D eigenvalue weighted by Gasteiger charge is 2.27. The van der Waals surface area contributed by atoms with E-state index in [-0.39, 0.29) is 6.04 Å². The van der Waals surface area contributed by atoms with Crippen molar-refractivity contribution in [2.24, 2.45) is 0 Å². The predicted octanol–water partition coefficient (Wildman–Crippen LogP) is 3.93. The monoisotopic (exact) mass is 330 g/mol. The third-order valence-electron chi connectivity index (χ3n) is 4.45. The molecule has 0 bridgehead atoms. The molecule has 1 saturated heterocycles. The Kier molecular flexibility index (Phi) is 5.55. The number of halogens is 1. The summed E-state index contributed by atoms with van der Waals surface area (Å²) in [6, 6.07) is 16.9. The highest BCUT2D eigenvalue weighted by molar-refractivity contribution is 6.31. The minimum absolute atomic E-state index is 0.243. The van der Waals surface area contributed by atoms with Gasteiger partial charge in [0.1, 0.15) is 5.75 Å². The number of nitrogens with one attached hydrogen (secondary N) is 2. The fraction of sp³-hybridized carbons (Fsp3) is 0.368. The molecular weight excluding hydrogens is 308 g/mol. The van der Waals surface area contributed by atoms with Crippen LogP contribution in [-0.4, -0.2) is 19.7 Å². The number of ether oxygens (including phenoxy) is 1. The van der Waals surface area contributed by atoms with Gasteiger partial charge in [0.25, 0.3) is 0 Å². The van der Waals surface area contributed by atoms with E-state index in [9.17, 15) is 0 Å². The molecule has 4 heteroatoms. The summed E-state index contributed by atoms with van der Waals surface area (Å²) in [5, 5.41) is 8.13. The van der Waals surface area contributed by atoms with Gasteiger partial charge < -0.3 is 15.4 Å². The Labute approximate surface area is 143 Å². The Morgan fingerprint density at radius 3 is 2.78 bits per heavy atom. The first-order valence-electron chi connectivity index (χ1n) is 8.12. The summed E-state index contributed by atoms with van der Waals surface area (Å²) >= 11 is 6.40. The van der Waals surface area contributed by atoms with Crippen molar-refractivity contribution < 1.29 is 4.74 Å². The highest BCUT2D eigenvalue weighted by atomic mass is 35.5. The lowest BCUT2D eigenvalue weighted by atomic mass is 9.92. The molecule has 0 unspecified atom stereocenters. The molecular formula is C19H23ClN2O. The maximum Gasteiger partial charge on any atom is 0.123 e. The molecule has 2 N–H and O–H groups in total. The van der Waals surface area contributed by atoms with Gasteiger partial charge in [-0.3, -0.25) is 0 Å². The lowest BCUT2D eigenvalue weighted by Crippen LogP contribution is -2.45. The molecule has 3 nitrogen and oxygen atoms in total. The number of methoxy groups -OCH3 is 1. The molecule has 1 aliphatic rings. The largest absolute Gasteiger partial charge is 0.496 e. The molecule has 0 saturated carbocycles. The van der Waals surface area contributed by atoms with Crippen LogP contribution in [0.25, 0.3) is 0 Å². The zero-order valence-corrected chi connectivity index (χ0v) is 14.1. The SMILES string of the molecule is COc1ccccc1CN[C@H]1CCCN[C@H]1c1ccccc1Cl. The first-order valence-corrected chi connectivity index (χ1v) is 8.50. The summed E-state index contributed by atoms with van der Waals surface area (Å²) in [7, 11) is 1.72. The van der Waals surface area contributed by atoms with Crippen molar-refractivity contribution in [1.29, 1.82) is 0 Å². The molecule has 23 heavy (non-hydrogen) atoms. The molecule has 0 aliphatic carbocycles. The van der Waals surface area contributed by atoms with Crippen molar-refractivity contribution in [2.75, 3.05) is 13.7 Å². The average Bonchev–Trinajstić information content (AvgIpc) is 2.61. The Morgan fingerprint density at radius 1 is 1.17 bits per heavy atom. The van der Waals surface area contributed by atoms with E-state index in [1.807, 2.05) is 30.3 Å². The zero-order valence-electron chi connectivity index (χ0n) is 13.4. The van der Waals surface area contributed by atoms with E-state index in [2.05, 4.69) is 28.8 Å². The number of para-hydroxylation sites is 1. The van der Waals surface area contributed by atoms with E-state index in [1.165, 1.54) is 17.5 Å². The highest BCUT2D eigenvalue weighted by Crippen LogP contribution is 2.29. The van der Waals surface area contributed by atoms with Crippen LogP contribution in [0.4, 0.5) is 0 Å². The summed E-state index contributed by atoms with van der Waals surface area (Å²) in [5.74, 6) is 0.929. The first-order chi connectivity index (χ1) is 11.3. The van der Waals surface area contributed by atoms with E-state index in [1.54, 1.807) is 7.11 Å². The molecule has 0 radical (unpaired) electrons. The molecule has 1 aliphatic heterocycles. The Morgan fingerprint density at radius 2 is 1.96 bits per heavy atom. The van der Waals surface area contributed by atoms with E-state index >= 15 is 0 Å². The van der Waals surface area contributed by atoms with Crippen LogP contribution in [0.2, 0.25) is 5.02 Å². The lowest BCUT2D eigenvalue weighted by Gasteiger charge is -2.34. The third kappa shape index (κ3) is 3.86. The van der Waals surface area contributed by atoms with Crippen molar-refractivity contribution in [3.05, 3.63) is 64.7 Å². The molecule has 0 aromatic heterocycles. The van der Waals surface area contributed by atoms with Crippen LogP contribution >= 0.6 is 11.6 Å². The van der Waals surface area contributed by atoms with Gasteiger partial charge in [-0.25, -0.2) is 0 Å². The van der Waals surface area contributed by atoms with E-state index in [0.29, 0.717) is 6.04 Å². The quantitative estimate of drug-likeness (QED) is 0.871. The maximum atomic E-state index is 6.40. The van der Waals surface area contributed by atoms with Gasteiger partial charge >= 0.3 is 0 Å². The standard InChI is InChI=1S/C19H23ClN2O/c1-23-18-11-5-2-7-14(18)13-22-17-10-6-12-21-19(17)15-8-3-4-9-16(15)20/h2-5,7-9,11,17,19,21-22H,6,10,12-13H2,1H3/t17-,19-/m0/s1. The molecule has 1 heterocycles. The molecule has 2 aromatic carbocycles. The normalized spacial score (nSPS) is 21.1. The van der Waals surface area contributed by atoms with Crippen LogP contribution < -0.4 is 15.4 Å². The second-order valence-corrected chi connectivity index (χ2v) is 6.30. The van der Waals surface area contributed by atoms with Gasteiger partial charge in [-0.15, -0.1) is 0 Å². The Bertz CT molecular complexity index is 647. The van der Waals surface area contributed by atoms with Crippen molar-refractivity contribution >= 4 is 11.6 Å². The van der Waals surface area contributed by atoms with Crippen LogP contribution in [0.1, 0.15) is 30.0 Å². The average molecular weight is 331 g/mol. The second kappa shape index (κ2) is 7.82. The fourth-order valence-electron chi connectivity index (χ4n) is 3.25. The predicted molar refractivity (Wildman–Crippen MR) is 95.1 cm³/mol. The second-order valence-electron chi connectivity index (χ2n) is 5.89. The number of hydrogen-bond acceptors (Lipinski definition) is 3. The maximum absolute atomic E-state index is 6.40. The molecule has 2 atom stereocenters. The number of rotatable bonds is 5. The van der Waals surface area contributed by atoms with E-state index in [0.717, 1.165) is 30.3 Å². The molecule has 122 valence electrons. The first kappa shape index (κ1) is 16.3. The number of piperidine rings is 1. The van der Waals surface area contributed by atoms with Gasteiger partial charge in [0.15, 0.2) is 0 Å². The fourth-order valence-corrected chi connectivity index (χ4v) is 3.51. The van der Waals surface area contributed by atoms with Gasteiger partial charge in [0.2, 0.25) is 0 Å². The van der Waals surface area contributed by atoms with Crippen molar-refractivity contribution in [2.45, 2.75) is 31.5 Å². The lowest BCUT2D eigenvalue weighted by molar-refractivity contribution is 0.303. The summed E-state index contributed by atoms with van der Waals surface area (Å²) in [5.41, 5.74) is 2.35. The molecule has 0 amide bonds. The van der Waals surface area contributed by atoms with Gasteiger partial charge in [-0.1, -0.05) is 48.0 Å². The Balaban J connectivity index is 1.73. The summed E-state index contributed by atoms with van der Waals surface area (Å²) < 4.78 is 5.44. The van der Waals surface area contributed by atoms with E-state index in [4.69, 9.17) is 16.3 Å². The summed E-state index contributed by atoms with van der Waals surface area (Å²) in [4.78, 5) is 0. The van der Waals surface area contributed by atoms with Gasteiger partial charge in [-0.2, -0.15) is 0 Å². The molecule has 3 rings (SSSR count). The minimum Gasteiger partial charge on any atom is -0.496 e. The zero-order chi connectivity index (χ0) is 16.1. The smallest absolute Gasteiger partial charge is 0.123 e. The number of hydrogen-bond donors (Lipinski definition) is 2. The van der Waals surface area contributed by atoms with Crippen LogP contribution in [0.3, 0.4) is 0 Å². The third-order valence-corrected chi connectivity index (χ3v) is 4.79. The summed E-state index contributed by atoms with van der Waals surface area (Å²) in [6.07, 6.45) is 2.31. The van der Waals surface area contributed by atoms with Crippen LogP contribution in [0.15, 0.2) is 48.5 Å². The van der Waals surface area contributed by atoms with Crippen molar-refractivity contribution in [3.8, 4) is 5.75 Å². The van der Waals surface area contributed by atoms with Crippen LogP contribution in [-0.2, 0) is 6.54 Å². The van der Waals surface area contributed by atoms with E-state index < -0.39 is 0 Å². The molecule has 1 fully saturated rings. The summed E-state index contributed by atoms with van der Waals surface area (Å²) in [6.45, 7) is 1.82. The van der Waals surface area contributed by atoms with Gasteiger partial charge in [0, 0.05) is 29.2 Å².